The average molecular weight is 311 g/mol. The number of pyridine rings is 1. The van der Waals surface area contributed by atoms with Gasteiger partial charge < -0.3 is 10.2 Å². The van der Waals surface area contributed by atoms with Crippen molar-refractivity contribution < 1.29 is 4.79 Å². The van der Waals surface area contributed by atoms with Crippen molar-refractivity contribution in [2.45, 2.75) is 43.8 Å². The van der Waals surface area contributed by atoms with Crippen molar-refractivity contribution in [2.75, 3.05) is 7.05 Å². The van der Waals surface area contributed by atoms with Crippen LogP contribution >= 0.6 is 0 Å². The van der Waals surface area contributed by atoms with Crippen molar-refractivity contribution >= 4 is 5.91 Å². The minimum absolute atomic E-state index is 0.00898. The Morgan fingerprint density at radius 1 is 1.26 bits per heavy atom. The van der Waals surface area contributed by atoms with E-state index < -0.39 is 0 Å². The number of hydrogen-bond acceptors (Lipinski definition) is 4. The molecule has 0 aromatic carbocycles. The summed E-state index contributed by atoms with van der Waals surface area (Å²) < 4.78 is 1.67. The molecule has 2 saturated heterocycles. The molecule has 0 aliphatic carbocycles. The van der Waals surface area contributed by atoms with Crippen LogP contribution in [0.4, 0.5) is 0 Å². The number of carbonyl (C=O) groups excluding carboxylic acids is 1. The fraction of sp³-hybridized carbons (Fsp3) is 0.471. The lowest BCUT2D eigenvalue weighted by molar-refractivity contribution is 0.0675. The lowest BCUT2D eigenvalue weighted by atomic mass is 9.98. The quantitative estimate of drug-likeness (QED) is 0.935. The Balaban J connectivity index is 1.53. The Hall–Kier alpha value is -2.21. The lowest BCUT2D eigenvalue weighted by Crippen LogP contribution is -2.48. The van der Waals surface area contributed by atoms with Crippen LogP contribution < -0.4 is 5.32 Å². The van der Waals surface area contributed by atoms with Crippen LogP contribution in [0, 0.1) is 0 Å². The van der Waals surface area contributed by atoms with Gasteiger partial charge >= 0.3 is 0 Å². The van der Waals surface area contributed by atoms with Crippen LogP contribution in [0.3, 0.4) is 0 Å². The molecule has 2 bridgehead atoms. The molecule has 0 radical (unpaired) electrons. The fourth-order valence-electron chi connectivity index (χ4n) is 3.76. The summed E-state index contributed by atoms with van der Waals surface area (Å²) in [5, 5.41) is 7.79. The van der Waals surface area contributed by atoms with Gasteiger partial charge in [0, 0.05) is 37.6 Å². The van der Waals surface area contributed by atoms with E-state index in [2.05, 4.69) is 15.4 Å². The second-order valence-corrected chi connectivity index (χ2v) is 6.51. The summed E-state index contributed by atoms with van der Waals surface area (Å²) in [6.07, 6.45) is 8.07. The van der Waals surface area contributed by atoms with Crippen molar-refractivity contribution in [3.05, 3.63) is 42.4 Å². The number of nitrogens with zero attached hydrogens (tertiary/aromatic N) is 4. The molecule has 2 aromatic rings. The summed E-state index contributed by atoms with van der Waals surface area (Å²) in [4.78, 5) is 19.2. The molecule has 2 unspecified atom stereocenters. The van der Waals surface area contributed by atoms with E-state index in [9.17, 15) is 4.79 Å². The van der Waals surface area contributed by atoms with Crippen LogP contribution in [-0.2, 0) is 0 Å². The smallest absolute Gasteiger partial charge is 0.272 e. The summed E-state index contributed by atoms with van der Waals surface area (Å²) in [7, 11) is 1.90. The third-order valence-electron chi connectivity index (χ3n) is 5.01. The van der Waals surface area contributed by atoms with Gasteiger partial charge in [-0.25, -0.2) is 9.67 Å². The first-order chi connectivity index (χ1) is 11.2. The molecule has 2 aliphatic heterocycles. The molecule has 23 heavy (non-hydrogen) atoms. The highest BCUT2D eigenvalue weighted by Crippen LogP contribution is 2.29. The minimum atomic E-state index is -0.00898. The molecule has 2 atom stereocenters. The van der Waals surface area contributed by atoms with Gasteiger partial charge in [-0.15, -0.1) is 0 Å². The maximum Gasteiger partial charge on any atom is 0.272 e. The van der Waals surface area contributed by atoms with Gasteiger partial charge in [0.15, 0.2) is 5.82 Å². The molecule has 6 nitrogen and oxygen atoms in total. The van der Waals surface area contributed by atoms with Gasteiger partial charge in [0.1, 0.15) is 5.69 Å². The number of piperidine rings is 1. The van der Waals surface area contributed by atoms with E-state index in [4.69, 9.17) is 0 Å². The number of fused-ring (bicyclic) bond motifs is 2. The predicted octanol–water partition coefficient (Wildman–Crippen LogP) is 1.62. The molecule has 4 rings (SSSR count). The first-order valence-corrected chi connectivity index (χ1v) is 8.21. The second-order valence-electron chi connectivity index (χ2n) is 6.51. The topological polar surface area (TPSA) is 63.1 Å². The molecule has 4 heterocycles. The number of aromatic nitrogens is 3. The third-order valence-corrected chi connectivity index (χ3v) is 5.01. The number of nitrogens with one attached hydrogen (secondary N) is 1. The highest BCUT2D eigenvalue weighted by molar-refractivity contribution is 5.92. The van der Waals surface area contributed by atoms with E-state index in [1.807, 2.05) is 36.3 Å². The van der Waals surface area contributed by atoms with Gasteiger partial charge in [0.2, 0.25) is 0 Å². The molecule has 2 aromatic heterocycles. The van der Waals surface area contributed by atoms with E-state index in [1.54, 1.807) is 16.9 Å². The molecule has 0 saturated carbocycles. The van der Waals surface area contributed by atoms with Crippen LogP contribution in [0.2, 0.25) is 0 Å². The van der Waals surface area contributed by atoms with E-state index in [1.165, 1.54) is 12.8 Å². The van der Waals surface area contributed by atoms with Gasteiger partial charge in [-0.05, 0) is 43.9 Å². The normalized spacial score (nSPS) is 26.2. The zero-order valence-corrected chi connectivity index (χ0v) is 13.2. The van der Waals surface area contributed by atoms with Crippen LogP contribution in [0.1, 0.15) is 36.2 Å². The molecule has 6 heteroatoms. The van der Waals surface area contributed by atoms with Crippen molar-refractivity contribution in [2.24, 2.45) is 0 Å². The summed E-state index contributed by atoms with van der Waals surface area (Å²) in [6, 6.07) is 8.77. The third kappa shape index (κ3) is 2.74. The maximum atomic E-state index is 12.8. The van der Waals surface area contributed by atoms with Gasteiger partial charge in [-0.2, -0.15) is 5.10 Å². The SMILES string of the molecule is CN(C(=O)c1cccc(-n2cccn2)n1)C1CC2CCC(C1)N2. The van der Waals surface area contributed by atoms with Crippen molar-refractivity contribution in [3.63, 3.8) is 0 Å². The van der Waals surface area contributed by atoms with Gasteiger partial charge in [0.25, 0.3) is 5.91 Å². The van der Waals surface area contributed by atoms with Crippen LogP contribution in [0.5, 0.6) is 0 Å². The Bertz CT molecular complexity index is 687. The zero-order valence-electron chi connectivity index (χ0n) is 13.2. The number of hydrogen-bond donors (Lipinski definition) is 1. The molecular formula is C17H21N5O. The Labute approximate surface area is 135 Å². The Kier molecular flexibility index (Phi) is 3.61. The van der Waals surface area contributed by atoms with Crippen molar-refractivity contribution in [1.82, 2.24) is 25.0 Å². The number of rotatable bonds is 3. The first kappa shape index (κ1) is 14.4. The summed E-state index contributed by atoms with van der Waals surface area (Å²) >= 11 is 0. The standard InChI is InChI=1S/C17H21N5O/c1-21(14-10-12-6-7-13(11-14)19-12)17(23)15-4-2-5-16(20-15)22-9-3-8-18-22/h2-5,8-9,12-14,19H,6-7,10-11H2,1H3. The average Bonchev–Trinajstić information content (AvgIpc) is 3.23. The van der Waals surface area contributed by atoms with E-state index >= 15 is 0 Å². The fourth-order valence-corrected chi connectivity index (χ4v) is 3.76. The highest BCUT2D eigenvalue weighted by atomic mass is 16.2. The van der Waals surface area contributed by atoms with Crippen molar-refractivity contribution in [1.29, 1.82) is 0 Å². The molecule has 1 N–H and O–H groups in total. The summed E-state index contributed by atoms with van der Waals surface area (Å²) in [6.45, 7) is 0. The molecule has 120 valence electrons. The molecule has 1 amide bonds. The first-order valence-electron chi connectivity index (χ1n) is 8.21. The monoisotopic (exact) mass is 311 g/mol. The number of carbonyl (C=O) groups is 1. The molecule has 0 spiro atoms. The summed E-state index contributed by atoms with van der Waals surface area (Å²) in [5.74, 6) is 0.657. The number of amides is 1. The van der Waals surface area contributed by atoms with E-state index in [-0.39, 0.29) is 5.91 Å². The van der Waals surface area contributed by atoms with Crippen LogP contribution in [-0.4, -0.2) is 50.7 Å². The maximum absolute atomic E-state index is 12.8. The molecular weight excluding hydrogens is 290 g/mol. The zero-order chi connectivity index (χ0) is 15.8. The Morgan fingerprint density at radius 2 is 2.04 bits per heavy atom. The highest BCUT2D eigenvalue weighted by Gasteiger charge is 2.36. The lowest BCUT2D eigenvalue weighted by Gasteiger charge is -2.35. The van der Waals surface area contributed by atoms with E-state index in [0.29, 0.717) is 29.6 Å². The van der Waals surface area contributed by atoms with Gasteiger partial charge in [-0.3, -0.25) is 4.79 Å². The largest absolute Gasteiger partial charge is 0.337 e. The van der Waals surface area contributed by atoms with Crippen molar-refractivity contribution in [3.8, 4) is 5.82 Å². The van der Waals surface area contributed by atoms with Crippen LogP contribution in [0.15, 0.2) is 36.7 Å². The van der Waals surface area contributed by atoms with Crippen LogP contribution in [0.25, 0.3) is 5.82 Å². The molecule has 2 aliphatic rings. The Morgan fingerprint density at radius 3 is 2.74 bits per heavy atom. The predicted molar refractivity (Wildman–Crippen MR) is 86.4 cm³/mol. The second kappa shape index (κ2) is 5.77. The van der Waals surface area contributed by atoms with Gasteiger partial charge in [0.05, 0.1) is 0 Å². The molecule has 2 fully saturated rings. The van der Waals surface area contributed by atoms with Gasteiger partial charge in [-0.1, -0.05) is 6.07 Å². The summed E-state index contributed by atoms with van der Waals surface area (Å²) in [5.41, 5.74) is 0.478. The minimum Gasteiger partial charge on any atom is -0.337 e. The van der Waals surface area contributed by atoms with E-state index in [0.717, 1.165) is 12.8 Å².